The van der Waals surface area contributed by atoms with Crippen molar-refractivity contribution in [2.75, 3.05) is 0 Å². The van der Waals surface area contributed by atoms with E-state index in [2.05, 4.69) is 5.32 Å². The maximum Gasteiger partial charge on any atom is 0.326 e. The summed E-state index contributed by atoms with van der Waals surface area (Å²) in [5, 5.41) is 30.1. The standard InChI is InChI=1S/C13H17NO5/c1-2-3-4-10(13(18)19)14-12(17)9-7-8(15)5-6-11(9)16/h5-7,10,15-16H,2-4H2,1H3,(H,14,17)(H,18,19). The lowest BCUT2D eigenvalue weighted by Crippen LogP contribution is -2.40. The van der Waals surface area contributed by atoms with Crippen LogP contribution in [0.3, 0.4) is 0 Å². The number of unbranched alkanes of at least 4 members (excludes halogenated alkanes) is 1. The Labute approximate surface area is 110 Å². The molecule has 0 spiro atoms. The molecule has 0 saturated heterocycles. The third kappa shape index (κ3) is 4.17. The highest BCUT2D eigenvalue weighted by Crippen LogP contribution is 2.22. The fraction of sp³-hybridized carbons (Fsp3) is 0.385. The molecule has 6 heteroatoms. The highest BCUT2D eigenvalue weighted by atomic mass is 16.4. The Kier molecular flexibility index (Phi) is 5.17. The minimum Gasteiger partial charge on any atom is -0.508 e. The van der Waals surface area contributed by atoms with Crippen molar-refractivity contribution in [2.24, 2.45) is 0 Å². The van der Waals surface area contributed by atoms with Gasteiger partial charge in [-0.05, 0) is 24.6 Å². The van der Waals surface area contributed by atoms with Crippen LogP contribution in [0.15, 0.2) is 18.2 Å². The Morgan fingerprint density at radius 1 is 1.32 bits per heavy atom. The lowest BCUT2D eigenvalue weighted by atomic mass is 10.1. The van der Waals surface area contributed by atoms with Crippen molar-refractivity contribution in [2.45, 2.75) is 32.2 Å². The number of rotatable bonds is 6. The number of phenolic OH excluding ortho intramolecular Hbond substituents is 2. The zero-order valence-corrected chi connectivity index (χ0v) is 10.6. The van der Waals surface area contributed by atoms with Gasteiger partial charge in [-0.1, -0.05) is 19.8 Å². The van der Waals surface area contributed by atoms with Crippen LogP contribution in [0.4, 0.5) is 0 Å². The van der Waals surface area contributed by atoms with E-state index < -0.39 is 17.9 Å². The first kappa shape index (κ1) is 14.8. The van der Waals surface area contributed by atoms with Crippen LogP contribution in [0.1, 0.15) is 36.5 Å². The van der Waals surface area contributed by atoms with E-state index in [1.165, 1.54) is 12.1 Å². The molecule has 104 valence electrons. The summed E-state index contributed by atoms with van der Waals surface area (Å²) in [5.74, 6) is -2.34. The fourth-order valence-corrected chi connectivity index (χ4v) is 1.61. The van der Waals surface area contributed by atoms with Crippen molar-refractivity contribution in [1.82, 2.24) is 5.32 Å². The van der Waals surface area contributed by atoms with Gasteiger partial charge in [-0.2, -0.15) is 0 Å². The van der Waals surface area contributed by atoms with Gasteiger partial charge in [-0.3, -0.25) is 4.79 Å². The van der Waals surface area contributed by atoms with E-state index in [9.17, 15) is 19.8 Å². The van der Waals surface area contributed by atoms with E-state index in [0.717, 1.165) is 12.5 Å². The molecule has 1 amide bonds. The molecule has 1 aromatic rings. The summed E-state index contributed by atoms with van der Waals surface area (Å²) < 4.78 is 0. The first-order valence-corrected chi connectivity index (χ1v) is 6.01. The lowest BCUT2D eigenvalue weighted by Gasteiger charge is -2.14. The van der Waals surface area contributed by atoms with Crippen LogP contribution in [-0.4, -0.2) is 33.2 Å². The van der Waals surface area contributed by atoms with Crippen molar-refractivity contribution >= 4 is 11.9 Å². The number of aromatic hydroxyl groups is 2. The van der Waals surface area contributed by atoms with Crippen molar-refractivity contribution in [1.29, 1.82) is 0 Å². The molecular formula is C13H17NO5. The number of hydrogen-bond acceptors (Lipinski definition) is 4. The topological polar surface area (TPSA) is 107 Å². The van der Waals surface area contributed by atoms with Gasteiger partial charge in [0.25, 0.3) is 5.91 Å². The molecule has 0 fully saturated rings. The zero-order valence-electron chi connectivity index (χ0n) is 10.6. The van der Waals surface area contributed by atoms with E-state index >= 15 is 0 Å². The minimum absolute atomic E-state index is 0.150. The van der Waals surface area contributed by atoms with Crippen LogP contribution in [0.2, 0.25) is 0 Å². The van der Waals surface area contributed by atoms with E-state index in [1.807, 2.05) is 6.92 Å². The number of carboxylic acid groups (broad SMARTS) is 1. The number of carboxylic acids is 1. The molecular weight excluding hydrogens is 250 g/mol. The normalized spacial score (nSPS) is 11.8. The number of aliphatic carboxylic acids is 1. The molecule has 1 unspecified atom stereocenters. The highest BCUT2D eigenvalue weighted by molar-refractivity contribution is 5.99. The van der Waals surface area contributed by atoms with E-state index in [0.29, 0.717) is 12.8 Å². The second kappa shape index (κ2) is 6.63. The van der Waals surface area contributed by atoms with E-state index in [1.54, 1.807) is 0 Å². The Balaban J connectivity index is 2.81. The molecule has 6 nitrogen and oxygen atoms in total. The van der Waals surface area contributed by atoms with Gasteiger partial charge in [-0.25, -0.2) is 4.79 Å². The summed E-state index contributed by atoms with van der Waals surface area (Å²) in [6, 6.07) is 2.49. The molecule has 0 heterocycles. The number of hydrogen-bond donors (Lipinski definition) is 4. The molecule has 4 N–H and O–H groups in total. The average molecular weight is 267 g/mol. The van der Waals surface area contributed by atoms with Gasteiger partial charge in [-0.15, -0.1) is 0 Å². The third-order valence-electron chi connectivity index (χ3n) is 2.67. The Morgan fingerprint density at radius 2 is 2.00 bits per heavy atom. The highest BCUT2D eigenvalue weighted by Gasteiger charge is 2.21. The molecule has 0 aliphatic carbocycles. The summed E-state index contributed by atoms with van der Waals surface area (Å²) in [7, 11) is 0. The largest absolute Gasteiger partial charge is 0.508 e. The number of carbonyl (C=O) groups is 2. The van der Waals surface area contributed by atoms with Gasteiger partial charge in [0.1, 0.15) is 17.5 Å². The second-order valence-corrected chi connectivity index (χ2v) is 4.21. The first-order chi connectivity index (χ1) is 8.95. The lowest BCUT2D eigenvalue weighted by molar-refractivity contribution is -0.139. The smallest absolute Gasteiger partial charge is 0.326 e. The number of benzene rings is 1. The van der Waals surface area contributed by atoms with Crippen LogP contribution in [0, 0.1) is 0 Å². The predicted octanol–water partition coefficient (Wildman–Crippen LogP) is 1.47. The van der Waals surface area contributed by atoms with Crippen molar-refractivity contribution < 1.29 is 24.9 Å². The van der Waals surface area contributed by atoms with Crippen LogP contribution in [-0.2, 0) is 4.79 Å². The van der Waals surface area contributed by atoms with Crippen LogP contribution < -0.4 is 5.32 Å². The Bertz CT molecular complexity index is 472. The first-order valence-electron chi connectivity index (χ1n) is 6.01. The number of nitrogens with one attached hydrogen (secondary N) is 1. The maximum absolute atomic E-state index is 11.9. The summed E-state index contributed by atoms with van der Waals surface area (Å²) in [4.78, 5) is 22.8. The summed E-state index contributed by atoms with van der Waals surface area (Å²) in [6.07, 6.45) is 1.80. The van der Waals surface area contributed by atoms with Gasteiger partial charge in [0.15, 0.2) is 0 Å². The van der Waals surface area contributed by atoms with Gasteiger partial charge < -0.3 is 20.6 Å². The molecule has 1 rings (SSSR count). The maximum atomic E-state index is 11.9. The van der Waals surface area contributed by atoms with Crippen LogP contribution in [0.25, 0.3) is 0 Å². The van der Waals surface area contributed by atoms with Gasteiger partial charge in [0.2, 0.25) is 0 Å². The monoisotopic (exact) mass is 267 g/mol. The van der Waals surface area contributed by atoms with E-state index in [4.69, 9.17) is 5.11 Å². The molecule has 19 heavy (non-hydrogen) atoms. The molecule has 0 aliphatic rings. The SMILES string of the molecule is CCCCC(NC(=O)c1cc(O)ccc1O)C(=O)O. The van der Waals surface area contributed by atoms with Crippen molar-refractivity contribution in [3.8, 4) is 11.5 Å². The fourth-order valence-electron chi connectivity index (χ4n) is 1.61. The van der Waals surface area contributed by atoms with Crippen LogP contribution >= 0.6 is 0 Å². The molecule has 0 bridgehead atoms. The zero-order chi connectivity index (χ0) is 14.4. The number of phenols is 2. The quantitative estimate of drug-likeness (QED) is 0.584. The number of amides is 1. The second-order valence-electron chi connectivity index (χ2n) is 4.21. The van der Waals surface area contributed by atoms with Crippen molar-refractivity contribution in [3.05, 3.63) is 23.8 Å². The van der Waals surface area contributed by atoms with E-state index in [-0.39, 0.29) is 17.1 Å². The summed E-state index contributed by atoms with van der Waals surface area (Å²) in [5.41, 5.74) is -0.150. The summed E-state index contributed by atoms with van der Waals surface area (Å²) in [6.45, 7) is 1.92. The van der Waals surface area contributed by atoms with Crippen molar-refractivity contribution in [3.63, 3.8) is 0 Å². The molecule has 1 aromatic carbocycles. The molecule has 0 radical (unpaired) electrons. The van der Waals surface area contributed by atoms with Gasteiger partial charge >= 0.3 is 5.97 Å². The number of carbonyl (C=O) groups excluding carboxylic acids is 1. The molecule has 0 saturated carbocycles. The molecule has 0 aliphatic heterocycles. The molecule has 0 aromatic heterocycles. The van der Waals surface area contributed by atoms with Crippen LogP contribution in [0.5, 0.6) is 11.5 Å². The molecule has 1 atom stereocenters. The minimum atomic E-state index is -1.12. The average Bonchev–Trinajstić information content (AvgIpc) is 2.36. The van der Waals surface area contributed by atoms with Gasteiger partial charge in [0.05, 0.1) is 5.56 Å². The van der Waals surface area contributed by atoms with Gasteiger partial charge in [0, 0.05) is 0 Å². The Hall–Kier alpha value is -2.24. The summed E-state index contributed by atoms with van der Waals surface area (Å²) >= 11 is 0. The Morgan fingerprint density at radius 3 is 2.58 bits per heavy atom. The predicted molar refractivity (Wildman–Crippen MR) is 68.2 cm³/mol. The third-order valence-corrected chi connectivity index (χ3v) is 2.67.